The van der Waals surface area contributed by atoms with Crippen molar-refractivity contribution in [2.24, 2.45) is 5.73 Å². The average molecular weight is 268 g/mol. The fourth-order valence-corrected chi connectivity index (χ4v) is 2.43. The van der Waals surface area contributed by atoms with Gasteiger partial charge >= 0.3 is 0 Å². The monoisotopic (exact) mass is 268 g/mol. The van der Waals surface area contributed by atoms with E-state index in [1.165, 1.54) is 5.56 Å². The summed E-state index contributed by atoms with van der Waals surface area (Å²) in [5.74, 6) is 0. The Balaban J connectivity index is 2.33. The van der Waals surface area contributed by atoms with Gasteiger partial charge in [0, 0.05) is 11.7 Å². The van der Waals surface area contributed by atoms with Gasteiger partial charge in [-0.25, -0.2) is 0 Å². The van der Waals surface area contributed by atoms with Crippen molar-refractivity contribution in [2.45, 2.75) is 39.8 Å². The van der Waals surface area contributed by atoms with E-state index in [-0.39, 0.29) is 6.04 Å². The second-order valence-corrected chi connectivity index (χ2v) is 5.26. The summed E-state index contributed by atoms with van der Waals surface area (Å²) in [6.45, 7) is 6.70. The zero-order valence-corrected chi connectivity index (χ0v) is 12.2. The molecule has 4 heteroatoms. The molecule has 0 bridgehead atoms. The SMILES string of the molecule is Cc1nn(Cc2ccccc2C#N)c(C)c1CC(C)N. The standard InChI is InChI=1S/C16H20N4/c1-11(18)8-16-12(2)19-20(13(16)3)10-15-7-5-4-6-14(15)9-17/h4-7,11H,8,10,18H2,1-3H3. The van der Waals surface area contributed by atoms with E-state index in [1.807, 2.05) is 42.8 Å². The molecule has 4 nitrogen and oxygen atoms in total. The summed E-state index contributed by atoms with van der Waals surface area (Å²) < 4.78 is 1.96. The van der Waals surface area contributed by atoms with Crippen LogP contribution < -0.4 is 5.73 Å². The molecule has 1 unspecified atom stereocenters. The number of aromatic nitrogens is 2. The molecule has 2 N–H and O–H groups in total. The molecule has 0 amide bonds. The highest BCUT2D eigenvalue weighted by atomic mass is 15.3. The van der Waals surface area contributed by atoms with E-state index in [2.05, 4.69) is 18.1 Å². The number of benzene rings is 1. The number of hydrogen-bond donors (Lipinski definition) is 1. The van der Waals surface area contributed by atoms with Gasteiger partial charge in [-0.3, -0.25) is 4.68 Å². The molecule has 20 heavy (non-hydrogen) atoms. The Labute approximate surface area is 119 Å². The number of aryl methyl sites for hydroxylation is 1. The van der Waals surface area contributed by atoms with Crippen LogP contribution in [0.15, 0.2) is 24.3 Å². The van der Waals surface area contributed by atoms with Gasteiger partial charge in [0.2, 0.25) is 0 Å². The predicted octanol–water partition coefficient (Wildman–Crippen LogP) is 2.31. The number of hydrogen-bond acceptors (Lipinski definition) is 3. The van der Waals surface area contributed by atoms with Gasteiger partial charge in [0.05, 0.1) is 23.9 Å². The van der Waals surface area contributed by atoms with Gasteiger partial charge in [-0.2, -0.15) is 10.4 Å². The summed E-state index contributed by atoms with van der Waals surface area (Å²) in [4.78, 5) is 0. The lowest BCUT2D eigenvalue weighted by molar-refractivity contribution is 0.655. The zero-order chi connectivity index (χ0) is 14.7. The highest BCUT2D eigenvalue weighted by Crippen LogP contribution is 2.17. The van der Waals surface area contributed by atoms with Crippen LogP contribution in [0.3, 0.4) is 0 Å². The van der Waals surface area contributed by atoms with Crippen LogP contribution in [0.2, 0.25) is 0 Å². The number of nitriles is 1. The minimum absolute atomic E-state index is 0.122. The maximum absolute atomic E-state index is 9.15. The molecule has 1 atom stereocenters. The van der Waals surface area contributed by atoms with Crippen LogP contribution in [0, 0.1) is 25.2 Å². The zero-order valence-electron chi connectivity index (χ0n) is 12.2. The maximum atomic E-state index is 9.15. The van der Waals surface area contributed by atoms with Crippen molar-refractivity contribution in [3.8, 4) is 6.07 Å². The Hall–Kier alpha value is -2.12. The molecular formula is C16H20N4. The van der Waals surface area contributed by atoms with Crippen LogP contribution in [0.5, 0.6) is 0 Å². The molecular weight excluding hydrogens is 248 g/mol. The Morgan fingerprint density at radius 2 is 2.05 bits per heavy atom. The fraction of sp³-hybridized carbons (Fsp3) is 0.375. The molecule has 0 aliphatic heterocycles. The van der Waals surface area contributed by atoms with Crippen LogP contribution in [-0.2, 0) is 13.0 Å². The Morgan fingerprint density at radius 1 is 1.35 bits per heavy atom. The molecule has 2 rings (SSSR count). The van der Waals surface area contributed by atoms with Crippen LogP contribution in [-0.4, -0.2) is 15.8 Å². The first-order valence-electron chi connectivity index (χ1n) is 6.79. The molecule has 0 aliphatic rings. The summed E-state index contributed by atoms with van der Waals surface area (Å²) in [5.41, 5.74) is 11.0. The normalized spacial score (nSPS) is 12.2. The van der Waals surface area contributed by atoms with E-state index in [4.69, 9.17) is 11.0 Å². The third-order valence-electron chi connectivity index (χ3n) is 3.52. The fourth-order valence-electron chi connectivity index (χ4n) is 2.43. The lowest BCUT2D eigenvalue weighted by Gasteiger charge is -2.08. The van der Waals surface area contributed by atoms with Gasteiger partial charge in [-0.15, -0.1) is 0 Å². The maximum Gasteiger partial charge on any atom is 0.0995 e. The van der Waals surface area contributed by atoms with Gasteiger partial charge in [-0.1, -0.05) is 18.2 Å². The lowest BCUT2D eigenvalue weighted by Crippen LogP contribution is -2.18. The molecule has 0 saturated heterocycles. The van der Waals surface area contributed by atoms with Crippen LogP contribution >= 0.6 is 0 Å². The van der Waals surface area contributed by atoms with Crippen molar-refractivity contribution in [3.63, 3.8) is 0 Å². The van der Waals surface area contributed by atoms with Gasteiger partial charge in [-0.05, 0) is 44.4 Å². The summed E-state index contributed by atoms with van der Waals surface area (Å²) in [7, 11) is 0. The molecule has 0 spiro atoms. The third-order valence-corrected chi connectivity index (χ3v) is 3.52. The Bertz CT molecular complexity index is 647. The number of nitrogens with two attached hydrogens (primary N) is 1. The molecule has 1 aromatic carbocycles. The highest BCUT2D eigenvalue weighted by Gasteiger charge is 2.13. The van der Waals surface area contributed by atoms with Crippen molar-refractivity contribution in [1.29, 1.82) is 5.26 Å². The number of nitrogens with zero attached hydrogens (tertiary/aromatic N) is 3. The first kappa shape index (κ1) is 14.3. The molecule has 1 aromatic heterocycles. The summed E-state index contributed by atoms with van der Waals surface area (Å²) in [6, 6.07) is 9.99. The smallest absolute Gasteiger partial charge is 0.0995 e. The Morgan fingerprint density at radius 3 is 2.70 bits per heavy atom. The molecule has 104 valence electrons. The lowest BCUT2D eigenvalue weighted by atomic mass is 10.1. The van der Waals surface area contributed by atoms with Crippen molar-refractivity contribution in [3.05, 3.63) is 52.3 Å². The summed E-state index contributed by atoms with van der Waals surface area (Å²) in [6.07, 6.45) is 0.831. The molecule has 2 aromatic rings. The van der Waals surface area contributed by atoms with E-state index in [0.717, 1.165) is 23.4 Å². The van der Waals surface area contributed by atoms with Gasteiger partial charge in [0.15, 0.2) is 0 Å². The molecule has 0 saturated carbocycles. The third kappa shape index (κ3) is 2.89. The van der Waals surface area contributed by atoms with Crippen LogP contribution in [0.25, 0.3) is 0 Å². The second-order valence-electron chi connectivity index (χ2n) is 5.26. The molecule has 1 heterocycles. The predicted molar refractivity (Wildman–Crippen MR) is 79.3 cm³/mol. The van der Waals surface area contributed by atoms with E-state index in [0.29, 0.717) is 12.1 Å². The molecule has 0 aliphatic carbocycles. The highest BCUT2D eigenvalue weighted by molar-refractivity contribution is 5.38. The van der Waals surface area contributed by atoms with Crippen molar-refractivity contribution < 1.29 is 0 Å². The van der Waals surface area contributed by atoms with Crippen molar-refractivity contribution >= 4 is 0 Å². The second kappa shape index (κ2) is 5.89. The van der Waals surface area contributed by atoms with Gasteiger partial charge < -0.3 is 5.73 Å². The van der Waals surface area contributed by atoms with Crippen molar-refractivity contribution in [2.75, 3.05) is 0 Å². The van der Waals surface area contributed by atoms with Crippen LogP contribution in [0.1, 0.15) is 35.0 Å². The van der Waals surface area contributed by atoms with Crippen LogP contribution in [0.4, 0.5) is 0 Å². The van der Waals surface area contributed by atoms with E-state index in [9.17, 15) is 0 Å². The minimum atomic E-state index is 0.122. The molecule has 0 fully saturated rings. The summed E-state index contributed by atoms with van der Waals surface area (Å²) >= 11 is 0. The first-order valence-corrected chi connectivity index (χ1v) is 6.79. The Kier molecular flexibility index (Phi) is 4.21. The largest absolute Gasteiger partial charge is 0.328 e. The van der Waals surface area contributed by atoms with Gasteiger partial charge in [0.1, 0.15) is 0 Å². The molecule has 0 radical (unpaired) electrons. The van der Waals surface area contributed by atoms with E-state index in [1.54, 1.807) is 0 Å². The number of rotatable bonds is 4. The van der Waals surface area contributed by atoms with E-state index < -0.39 is 0 Å². The minimum Gasteiger partial charge on any atom is -0.328 e. The first-order chi connectivity index (χ1) is 9.52. The quantitative estimate of drug-likeness (QED) is 0.925. The summed E-state index contributed by atoms with van der Waals surface area (Å²) in [5, 5.41) is 13.7. The van der Waals surface area contributed by atoms with Crippen molar-refractivity contribution in [1.82, 2.24) is 9.78 Å². The topological polar surface area (TPSA) is 67.6 Å². The van der Waals surface area contributed by atoms with E-state index >= 15 is 0 Å². The van der Waals surface area contributed by atoms with Gasteiger partial charge in [0.25, 0.3) is 0 Å². The average Bonchev–Trinajstić information content (AvgIpc) is 2.67.